The largest absolute Gasteiger partial charge is 0.473 e. The van der Waals surface area contributed by atoms with E-state index in [0.29, 0.717) is 19.0 Å². The van der Waals surface area contributed by atoms with E-state index in [1.165, 1.54) is 5.56 Å². The number of amides is 2. The van der Waals surface area contributed by atoms with Gasteiger partial charge in [-0.3, -0.25) is 4.98 Å². The summed E-state index contributed by atoms with van der Waals surface area (Å²) in [5.41, 5.74) is 2.34. The van der Waals surface area contributed by atoms with E-state index >= 15 is 0 Å². The lowest BCUT2D eigenvalue weighted by atomic mass is 9.95. The highest BCUT2D eigenvalue weighted by Gasteiger charge is 2.31. The number of likely N-dealkylation sites (tertiary alicyclic amines) is 1. The Hall–Kier alpha value is -2.67. The van der Waals surface area contributed by atoms with Crippen molar-refractivity contribution in [3.8, 4) is 5.88 Å². The Balaban J connectivity index is 1.31. The van der Waals surface area contributed by atoms with Crippen LogP contribution in [0.3, 0.4) is 0 Å². The SMILES string of the molecule is Cc1ccc(C2OCCCC2NC(=O)N2CCC(Oc3cnccn3)CC2)cc1. The van der Waals surface area contributed by atoms with Crippen LogP contribution in [0.5, 0.6) is 5.88 Å². The Kier molecular flexibility index (Phi) is 6.24. The Morgan fingerprint density at radius 1 is 1.17 bits per heavy atom. The maximum absolute atomic E-state index is 12.9. The maximum atomic E-state index is 12.9. The number of nitrogens with one attached hydrogen (secondary N) is 1. The molecule has 2 aromatic rings. The van der Waals surface area contributed by atoms with Crippen molar-refractivity contribution in [2.45, 2.75) is 50.9 Å². The van der Waals surface area contributed by atoms with Crippen LogP contribution in [0, 0.1) is 6.92 Å². The van der Waals surface area contributed by atoms with Crippen molar-refractivity contribution in [3.05, 3.63) is 54.0 Å². The molecule has 2 aliphatic rings. The van der Waals surface area contributed by atoms with Crippen LogP contribution in [-0.2, 0) is 4.74 Å². The molecule has 154 valence electrons. The van der Waals surface area contributed by atoms with Crippen LogP contribution < -0.4 is 10.1 Å². The second-order valence-electron chi connectivity index (χ2n) is 7.75. The molecule has 2 fully saturated rings. The number of ether oxygens (including phenoxy) is 2. The number of rotatable bonds is 4. The predicted octanol–water partition coefficient (Wildman–Crippen LogP) is 3.26. The van der Waals surface area contributed by atoms with Gasteiger partial charge in [0.05, 0.1) is 12.2 Å². The Morgan fingerprint density at radius 3 is 2.69 bits per heavy atom. The molecule has 3 heterocycles. The molecule has 2 aliphatic heterocycles. The van der Waals surface area contributed by atoms with Gasteiger partial charge in [0.25, 0.3) is 0 Å². The average Bonchev–Trinajstić information content (AvgIpc) is 2.76. The zero-order valence-corrected chi connectivity index (χ0v) is 16.8. The van der Waals surface area contributed by atoms with Gasteiger partial charge >= 0.3 is 6.03 Å². The number of urea groups is 1. The third kappa shape index (κ3) is 5.03. The van der Waals surface area contributed by atoms with Crippen molar-refractivity contribution in [1.29, 1.82) is 0 Å². The molecule has 7 heteroatoms. The summed E-state index contributed by atoms with van der Waals surface area (Å²) in [5, 5.41) is 3.22. The van der Waals surface area contributed by atoms with E-state index in [0.717, 1.165) is 37.9 Å². The van der Waals surface area contributed by atoms with Crippen molar-refractivity contribution >= 4 is 6.03 Å². The topological polar surface area (TPSA) is 76.6 Å². The second kappa shape index (κ2) is 9.22. The molecule has 0 radical (unpaired) electrons. The van der Waals surface area contributed by atoms with Crippen molar-refractivity contribution in [2.24, 2.45) is 0 Å². The molecule has 0 saturated carbocycles. The molecule has 4 rings (SSSR count). The van der Waals surface area contributed by atoms with Crippen LogP contribution in [0.1, 0.15) is 42.9 Å². The maximum Gasteiger partial charge on any atom is 0.317 e. The Morgan fingerprint density at radius 2 is 1.97 bits per heavy atom. The second-order valence-corrected chi connectivity index (χ2v) is 7.75. The molecule has 1 aromatic heterocycles. The summed E-state index contributed by atoms with van der Waals surface area (Å²) in [6, 6.07) is 8.35. The molecule has 0 spiro atoms. The van der Waals surface area contributed by atoms with Gasteiger partial charge in [0.15, 0.2) is 0 Å². The quantitative estimate of drug-likeness (QED) is 0.858. The summed E-state index contributed by atoms with van der Waals surface area (Å²) in [6.07, 6.45) is 8.29. The van der Waals surface area contributed by atoms with Gasteiger partial charge in [0.2, 0.25) is 5.88 Å². The number of aryl methyl sites for hydroxylation is 1. The van der Waals surface area contributed by atoms with E-state index in [1.807, 2.05) is 4.90 Å². The van der Waals surface area contributed by atoms with Gasteiger partial charge in [-0.1, -0.05) is 29.8 Å². The molecule has 1 aromatic carbocycles. The molecular weight excluding hydrogens is 368 g/mol. The Labute approximate surface area is 171 Å². The highest BCUT2D eigenvalue weighted by molar-refractivity contribution is 5.74. The van der Waals surface area contributed by atoms with Crippen LogP contribution in [0.25, 0.3) is 0 Å². The molecular formula is C22H28N4O3. The number of carbonyl (C=O) groups is 1. The van der Waals surface area contributed by atoms with Gasteiger partial charge in [-0.2, -0.15) is 0 Å². The van der Waals surface area contributed by atoms with Gasteiger partial charge < -0.3 is 19.7 Å². The van der Waals surface area contributed by atoms with E-state index in [2.05, 4.69) is 46.5 Å². The zero-order chi connectivity index (χ0) is 20.1. The van der Waals surface area contributed by atoms with Crippen LogP contribution in [0.4, 0.5) is 4.79 Å². The van der Waals surface area contributed by atoms with E-state index < -0.39 is 0 Å². The van der Waals surface area contributed by atoms with E-state index in [1.54, 1.807) is 18.6 Å². The van der Waals surface area contributed by atoms with Crippen LogP contribution in [0.2, 0.25) is 0 Å². The molecule has 0 bridgehead atoms. The first kappa shape index (κ1) is 19.6. The van der Waals surface area contributed by atoms with Gasteiger partial charge in [0, 0.05) is 44.9 Å². The minimum atomic E-state index is -0.0918. The van der Waals surface area contributed by atoms with Crippen LogP contribution in [-0.4, -0.2) is 52.7 Å². The fourth-order valence-electron chi connectivity index (χ4n) is 3.96. The van der Waals surface area contributed by atoms with E-state index in [4.69, 9.17) is 9.47 Å². The highest BCUT2D eigenvalue weighted by Crippen LogP contribution is 2.29. The summed E-state index contributed by atoms with van der Waals surface area (Å²) >= 11 is 0. The third-order valence-corrected chi connectivity index (χ3v) is 5.59. The third-order valence-electron chi connectivity index (χ3n) is 5.59. The number of piperidine rings is 1. The molecule has 7 nitrogen and oxygen atoms in total. The fraction of sp³-hybridized carbons (Fsp3) is 0.500. The summed E-state index contributed by atoms with van der Waals surface area (Å²) in [7, 11) is 0. The summed E-state index contributed by atoms with van der Waals surface area (Å²) in [5.74, 6) is 0.538. The summed E-state index contributed by atoms with van der Waals surface area (Å²) in [6.45, 7) is 4.14. The summed E-state index contributed by atoms with van der Waals surface area (Å²) in [4.78, 5) is 22.9. The minimum absolute atomic E-state index is 0.00692. The first-order chi connectivity index (χ1) is 14.2. The molecule has 2 atom stereocenters. The molecule has 2 saturated heterocycles. The fourth-order valence-corrected chi connectivity index (χ4v) is 3.96. The molecule has 29 heavy (non-hydrogen) atoms. The van der Waals surface area contributed by atoms with Crippen LogP contribution >= 0.6 is 0 Å². The smallest absolute Gasteiger partial charge is 0.317 e. The highest BCUT2D eigenvalue weighted by atomic mass is 16.5. The van der Waals surface area contributed by atoms with Gasteiger partial charge in [-0.25, -0.2) is 9.78 Å². The molecule has 0 aliphatic carbocycles. The van der Waals surface area contributed by atoms with Crippen molar-refractivity contribution < 1.29 is 14.3 Å². The number of hydrogen-bond acceptors (Lipinski definition) is 5. The lowest BCUT2D eigenvalue weighted by molar-refractivity contribution is -0.00927. The van der Waals surface area contributed by atoms with Crippen molar-refractivity contribution in [3.63, 3.8) is 0 Å². The lowest BCUT2D eigenvalue weighted by Gasteiger charge is -2.36. The van der Waals surface area contributed by atoms with Crippen LogP contribution in [0.15, 0.2) is 42.9 Å². The normalized spacial score (nSPS) is 22.9. The lowest BCUT2D eigenvalue weighted by Crippen LogP contribution is -2.51. The number of carbonyl (C=O) groups excluding carboxylic acids is 1. The monoisotopic (exact) mass is 396 g/mol. The number of aromatic nitrogens is 2. The van der Waals surface area contributed by atoms with Crippen molar-refractivity contribution in [1.82, 2.24) is 20.2 Å². The van der Waals surface area contributed by atoms with Gasteiger partial charge in [0.1, 0.15) is 12.2 Å². The van der Waals surface area contributed by atoms with Gasteiger partial charge in [-0.05, 0) is 25.3 Å². The first-order valence-electron chi connectivity index (χ1n) is 10.4. The first-order valence-corrected chi connectivity index (χ1v) is 10.4. The van der Waals surface area contributed by atoms with E-state index in [-0.39, 0.29) is 24.3 Å². The number of nitrogens with zero attached hydrogens (tertiary/aromatic N) is 3. The molecule has 1 N–H and O–H groups in total. The number of hydrogen-bond donors (Lipinski definition) is 1. The van der Waals surface area contributed by atoms with Crippen molar-refractivity contribution in [2.75, 3.05) is 19.7 Å². The Bertz CT molecular complexity index is 791. The van der Waals surface area contributed by atoms with Gasteiger partial charge in [-0.15, -0.1) is 0 Å². The molecule has 2 unspecified atom stereocenters. The standard InChI is InChI=1S/C22H28N4O3/c1-16-4-6-17(7-5-16)21-19(3-2-14-28-21)25-22(27)26-12-8-18(9-13-26)29-20-15-23-10-11-24-20/h4-7,10-11,15,18-19,21H,2-3,8-9,12-14H2,1H3,(H,25,27). The average molecular weight is 396 g/mol. The summed E-state index contributed by atoms with van der Waals surface area (Å²) < 4.78 is 11.9. The molecule has 2 amide bonds. The predicted molar refractivity (Wildman–Crippen MR) is 109 cm³/mol. The minimum Gasteiger partial charge on any atom is -0.473 e. The van der Waals surface area contributed by atoms with E-state index in [9.17, 15) is 4.79 Å². The zero-order valence-electron chi connectivity index (χ0n) is 16.8. The number of benzene rings is 1.